The molecule has 0 bridgehead atoms. The van der Waals surface area contributed by atoms with Crippen molar-refractivity contribution in [3.05, 3.63) is 59.5 Å². The Kier molecular flexibility index (Phi) is 6.23. The SMILES string of the molecule is COc1cc(C(C)=O)ccc1OCC(=O)OCc1nc(-c2ccccc2C)no1. The van der Waals surface area contributed by atoms with Crippen LogP contribution in [0.5, 0.6) is 11.5 Å². The standard InChI is InChI=1S/C21H20N2O6/c1-13-6-4-5-7-16(13)21-22-19(29-23-21)11-28-20(25)12-27-17-9-8-15(14(2)24)10-18(17)26-3/h4-10H,11-12H2,1-3H3. The van der Waals surface area contributed by atoms with Crippen LogP contribution in [0.4, 0.5) is 0 Å². The Bertz CT molecular complexity index is 1030. The topological polar surface area (TPSA) is 101 Å². The Balaban J connectivity index is 1.55. The molecule has 0 unspecified atom stereocenters. The summed E-state index contributed by atoms with van der Waals surface area (Å²) in [4.78, 5) is 27.6. The van der Waals surface area contributed by atoms with Gasteiger partial charge in [-0.25, -0.2) is 4.79 Å². The average molecular weight is 396 g/mol. The van der Waals surface area contributed by atoms with E-state index in [1.807, 2.05) is 31.2 Å². The highest BCUT2D eigenvalue weighted by Gasteiger charge is 2.14. The Hall–Kier alpha value is -3.68. The van der Waals surface area contributed by atoms with Crippen molar-refractivity contribution < 1.29 is 28.3 Å². The molecule has 3 rings (SSSR count). The Morgan fingerprint density at radius 2 is 1.90 bits per heavy atom. The number of esters is 1. The van der Waals surface area contributed by atoms with Gasteiger partial charge in [-0.15, -0.1) is 0 Å². The molecule has 1 heterocycles. The van der Waals surface area contributed by atoms with Crippen molar-refractivity contribution in [3.8, 4) is 22.9 Å². The summed E-state index contributed by atoms with van der Waals surface area (Å²) >= 11 is 0. The molecule has 1 aromatic heterocycles. The number of aromatic nitrogens is 2. The molecule has 0 saturated heterocycles. The monoisotopic (exact) mass is 396 g/mol. The zero-order chi connectivity index (χ0) is 20.8. The minimum absolute atomic E-state index is 0.0983. The minimum atomic E-state index is -0.613. The highest BCUT2D eigenvalue weighted by atomic mass is 16.6. The van der Waals surface area contributed by atoms with Gasteiger partial charge in [-0.1, -0.05) is 29.4 Å². The van der Waals surface area contributed by atoms with Gasteiger partial charge >= 0.3 is 5.97 Å². The lowest BCUT2D eigenvalue weighted by Crippen LogP contribution is -2.15. The third-order valence-electron chi connectivity index (χ3n) is 4.13. The van der Waals surface area contributed by atoms with Crippen LogP contribution in [-0.2, 0) is 16.1 Å². The average Bonchev–Trinajstić information content (AvgIpc) is 3.19. The first-order valence-electron chi connectivity index (χ1n) is 8.84. The first-order chi connectivity index (χ1) is 14.0. The normalized spacial score (nSPS) is 10.4. The molecule has 8 heteroatoms. The van der Waals surface area contributed by atoms with Crippen molar-refractivity contribution in [1.29, 1.82) is 0 Å². The molecule has 150 valence electrons. The van der Waals surface area contributed by atoms with E-state index in [-0.39, 0.29) is 24.9 Å². The first kappa shape index (κ1) is 20.1. The van der Waals surface area contributed by atoms with E-state index in [1.165, 1.54) is 14.0 Å². The zero-order valence-electron chi connectivity index (χ0n) is 16.3. The molecule has 0 atom stereocenters. The summed E-state index contributed by atoms with van der Waals surface area (Å²) in [5, 5.41) is 3.91. The van der Waals surface area contributed by atoms with Crippen LogP contribution in [0.15, 0.2) is 47.0 Å². The van der Waals surface area contributed by atoms with Gasteiger partial charge in [-0.2, -0.15) is 4.98 Å². The van der Waals surface area contributed by atoms with E-state index >= 15 is 0 Å². The van der Waals surface area contributed by atoms with Crippen LogP contribution in [0.2, 0.25) is 0 Å². The van der Waals surface area contributed by atoms with Crippen molar-refractivity contribution in [2.75, 3.05) is 13.7 Å². The van der Waals surface area contributed by atoms with Gasteiger partial charge in [0, 0.05) is 11.1 Å². The van der Waals surface area contributed by atoms with Crippen LogP contribution in [0, 0.1) is 6.92 Å². The van der Waals surface area contributed by atoms with E-state index in [1.54, 1.807) is 18.2 Å². The highest BCUT2D eigenvalue weighted by Crippen LogP contribution is 2.28. The fraction of sp³-hybridized carbons (Fsp3) is 0.238. The molecule has 0 saturated carbocycles. The smallest absolute Gasteiger partial charge is 0.344 e. The molecule has 0 spiro atoms. The molecule has 29 heavy (non-hydrogen) atoms. The van der Waals surface area contributed by atoms with Crippen molar-refractivity contribution in [2.24, 2.45) is 0 Å². The molecule has 0 aliphatic carbocycles. The second kappa shape index (κ2) is 9.01. The lowest BCUT2D eigenvalue weighted by molar-refractivity contribution is -0.148. The summed E-state index contributed by atoms with van der Waals surface area (Å²) < 4.78 is 20.9. The third-order valence-corrected chi connectivity index (χ3v) is 4.13. The van der Waals surface area contributed by atoms with Gasteiger partial charge in [0.15, 0.2) is 30.5 Å². The maximum atomic E-state index is 12.0. The van der Waals surface area contributed by atoms with Crippen LogP contribution in [-0.4, -0.2) is 35.6 Å². The van der Waals surface area contributed by atoms with Crippen LogP contribution < -0.4 is 9.47 Å². The summed E-state index contributed by atoms with van der Waals surface area (Å²) in [7, 11) is 1.45. The van der Waals surface area contributed by atoms with Gasteiger partial charge < -0.3 is 18.7 Å². The molecule has 0 aliphatic rings. The van der Waals surface area contributed by atoms with Gasteiger partial charge in [0.1, 0.15) is 0 Å². The number of aryl methyl sites for hydroxylation is 1. The molecule has 0 aliphatic heterocycles. The number of ether oxygens (including phenoxy) is 3. The lowest BCUT2D eigenvalue weighted by atomic mass is 10.1. The number of benzene rings is 2. The molecule has 0 fully saturated rings. The zero-order valence-corrected chi connectivity index (χ0v) is 16.3. The quantitative estimate of drug-likeness (QED) is 0.422. The summed E-state index contributed by atoms with van der Waals surface area (Å²) in [5.41, 5.74) is 2.34. The second-order valence-corrected chi connectivity index (χ2v) is 6.20. The number of ketones is 1. The number of methoxy groups -OCH3 is 1. The summed E-state index contributed by atoms with van der Waals surface area (Å²) in [6, 6.07) is 12.3. The van der Waals surface area contributed by atoms with Crippen molar-refractivity contribution in [1.82, 2.24) is 10.1 Å². The number of hydrogen-bond acceptors (Lipinski definition) is 8. The van der Waals surface area contributed by atoms with Gasteiger partial charge in [0.25, 0.3) is 5.89 Å². The molecular formula is C21H20N2O6. The highest BCUT2D eigenvalue weighted by molar-refractivity contribution is 5.94. The maximum absolute atomic E-state index is 12.0. The third kappa shape index (κ3) is 4.98. The van der Waals surface area contributed by atoms with E-state index in [2.05, 4.69) is 10.1 Å². The molecule has 0 radical (unpaired) electrons. The number of carbonyl (C=O) groups excluding carboxylic acids is 2. The van der Waals surface area contributed by atoms with Crippen LogP contribution in [0.1, 0.15) is 28.7 Å². The van der Waals surface area contributed by atoms with Crippen LogP contribution in [0.3, 0.4) is 0 Å². The van der Waals surface area contributed by atoms with Crippen LogP contribution in [0.25, 0.3) is 11.4 Å². The van der Waals surface area contributed by atoms with Gasteiger partial charge in [0.2, 0.25) is 5.82 Å². The number of hydrogen-bond donors (Lipinski definition) is 0. The summed E-state index contributed by atoms with van der Waals surface area (Å²) in [5.74, 6) is 0.581. The lowest BCUT2D eigenvalue weighted by Gasteiger charge is -2.11. The van der Waals surface area contributed by atoms with E-state index in [0.29, 0.717) is 22.9 Å². The fourth-order valence-electron chi connectivity index (χ4n) is 2.57. The molecule has 0 amide bonds. The number of rotatable bonds is 8. The molecular weight excluding hydrogens is 376 g/mol. The largest absolute Gasteiger partial charge is 0.493 e. The number of Topliss-reactive ketones (excluding diaryl/α,β-unsaturated/α-hetero) is 1. The second-order valence-electron chi connectivity index (χ2n) is 6.20. The van der Waals surface area contributed by atoms with E-state index in [9.17, 15) is 9.59 Å². The van der Waals surface area contributed by atoms with Crippen molar-refractivity contribution in [2.45, 2.75) is 20.5 Å². The summed E-state index contributed by atoms with van der Waals surface area (Å²) in [6.07, 6.45) is 0. The predicted molar refractivity (Wildman–Crippen MR) is 103 cm³/mol. The van der Waals surface area contributed by atoms with Crippen molar-refractivity contribution in [3.63, 3.8) is 0 Å². The van der Waals surface area contributed by atoms with E-state index < -0.39 is 5.97 Å². The summed E-state index contributed by atoms with van der Waals surface area (Å²) in [6.45, 7) is 2.89. The Labute approximate surface area is 167 Å². The van der Waals surface area contributed by atoms with E-state index in [0.717, 1.165) is 11.1 Å². The minimum Gasteiger partial charge on any atom is -0.493 e. The molecule has 0 N–H and O–H groups in total. The molecule has 2 aromatic carbocycles. The van der Waals surface area contributed by atoms with Crippen LogP contribution >= 0.6 is 0 Å². The van der Waals surface area contributed by atoms with E-state index in [4.69, 9.17) is 18.7 Å². The molecule has 3 aromatic rings. The van der Waals surface area contributed by atoms with Crippen molar-refractivity contribution >= 4 is 11.8 Å². The maximum Gasteiger partial charge on any atom is 0.344 e. The Morgan fingerprint density at radius 1 is 1.10 bits per heavy atom. The first-order valence-corrected chi connectivity index (χ1v) is 8.84. The van der Waals surface area contributed by atoms with Gasteiger partial charge in [0.05, 0.1) is 7.11 Å². The molecule has 8 nitrogen and oxygen atoms in total. The van der Waals surface area contributed by atoms with Gasteiger partial charge in [-0.05, 0) is 37.6 Å². The fourth-order valence-corrected chi connectivity index (χ4v) is 2.57. The number of carbonyl (C=O) groups is 2. The van der Waals surface area contributed by atoms with Gasteiger partial charge in [-0.3, -0.25) is 4.79 Å². The Morgan fingerprint density at radius 3 is 2.62 bits per heavy atom. The predicted octanol–water partition coefficient (Wildman–Crippen LogP) is 3.38. The number of nitrogens with zero attached hydrogens (tertiary/aromatic N) is 2.